The van der Waals surface area contributed by atoms with Crippen LogP contribution in [-0.4, -0.2) is 82.8 Å². The summed E-state index contributed by atoms with van der Waals surface area (Å²) >= 11 is 0. The molecule has 6 unspecified atom stereocenters. The summed E-state index contributed by atoms with van der Waals surface area (Å²) in [5, 5.41) is 40.1. The zero-order chi connectivity index (χ0) is 34.5. The molecule has 0 heterocycles. The van der Waals surface area contributed by atoms with Crippen molar-refractivity contribution in [2.24, 2.45) is 5.92 Å². The van der Waals surface area contributed by atoms with Gasteiger partial charge in [0.05, 0.1) is 13.2 Å². The Hall–Kier alpha value is -0.770. The molecule has 0 aromatic heterocycles. The Morgan fingerprint density at radius 2 is 0.979 bits per heavy atom. The normalized spacial score (nSPS) is 22.5. The van der Waals surface area contributed by atoms with Crippen LogP contribution in [0.15, 0.2) is 0 Å². The van der Waals surface area contributed by atoms with Gasteiger partial charge in [0, 0.05) is 13.0 Å². The second kappa shape index (κ2) is 30.1. The standard InChI is InChI=1S/C39H76O8/c1-4-6-8-10-11-12-13-14-17-20-24-28-34(40)47-33(31-46-39-37(43)35(41)36(42)38(39)44)30-45-29-25-21-18-15-16-19-23-27-32(3)26-22-9-7-5-2/h32-33,35-39,41-44H,4-31H2,1-3H3. The summed E-state index contributed by atoms with van der Waals surface area (Å²) in [4.78, 5) is 12.6. The van der Waals surface area contributed by atoms with Crippen LogP contribution in [0.1, 0.15) is 181 Å². The molecular weight excluding hydrogens is 596 g/mol. The minimum atomic E-state index is -1.49. The first-order valence-corrected chi connectivity index (χ1v) is 19.9. The van der Waals surface area contributed by atoms with Crippen LogP contribution >= 0.6 is 0 Å². The molecule has 280 valence electrons. The molecule has 8 nitrogen and oxygen atoms in total. The van der Waals surface area contributed by atoms with Crippen molar-refractivity contribution in [1.82, 2.24) is 0 Å². The zero-order valence-electron chi connectivity index (χ0n) is 30.8. The second-order valence-corrected chi connectivity index (χ2v) is 14.5. The maximum absolute atomic E-state index is 12.6. The molecule has 0 amide bonds. The summed E-state index contributed by atoms with van der Waals surface area (Å²) < 4.78 is 17.2. The van der Waals surface area contributed by atoms with Gasteiger partial charge in [0.15, 0.2) is 0 Å². The molecule has 0 bridgehead atoms. The van der Waals surface area contributed by atoms with Crippen molar-refractivity contribution in [2.75, 3.05) is 19.8 Å². The van der Waals surface area contributed by atoms with E-state index in [0.717, 1.165) is 38.0 Å². The van der Waals surface area contributed by atoms with Crippen molar-refractivity contribution >= 4 is 5.97 Å². The van der Waals surface area contributed by atoms with Crippen LogP contribution in [0, 0.1) is 5.92 Å². The van der Waals surface area contributed by atoms with Crippen LogP contribution in [0.2, 0.25) is 0 Å². The van der Waals surface area contributed by atoms with Gasteiger partial charge in [-0.15, -0.1) is 0 Å². The average molecular weight is 673 g/mol. The molecule has 1 aliphatic rings. The minimum Gasteiger partial charge on any atom is -0.457 e. The fourth-order valence-electron chi connectivity index (χ4n) is 6.56. The number of carbonyl (C=O) groups excluding carboxylic acids is 1. The highest BCUT2D eigenvalue weighted by Crippen LogP contribution is 2.25. The van der Waals surface area contributed by atoms with Gasteiger partial charge in [-0.25, -0.2) is 0 Å². The second-order valence-electron chi connectivity index (χ2n) is 14.5. The number of carbonyl (C=O) groups is 1. The highest BCUT2D eigenvalue weighted by Gasteiger charge is 2.49. The average Bonchev–Trinajstić information content (AvgIpc) is 3.24. The molecule has 1 fully saturated rings. The first kappa shape index (κ1) is 44.3. The van der Waals surface area contributed by atoms with Gasteiger partial charge in [-0.05, 0) is 18.8 Å². The maximum atomic E-state index is 12.6. The Morgan fingerprint density at radius 1 is 0.553 bits per heavy atom. The number of esters is 1. The van der Waals surface area contributed by atoms with E-state index in [1.807, 2.05) is 0 Å². The van der Waals surface area contributed by atoms with E-state index < -0.39 is 36.6 Å². The molecule has 6 atom stereocenters. The Labute approximate surface area is 288 Å². The molecule has 8 heteroatoms. The molecule has 0 aromatic rings. The van der Waals surface area contributed by atoms with Crippen molar-refractivity contribution in [3.8, 4) is 0 Å². The Balaban J connectivity index is 2.24. The highest BCUT2D eigenvalue weighted by atomic mass is 16.6. The number of rotatable bonds is 33. The third kappa shape index (κ3) is 22.5. The van der Waals surface area contributed by atoms with Crippen LogP contribution in [0.5, 0.6) is 0 Å². The van der Waals surface area contributed by atoms with E-state index in [9.17, 15) is 25.2 Å². The zero-order valence-corrected chi connectivity index (χ0v) is 30.8. The lowest BCUT2D eigenvalue weighted by atomic mass is 9.96. The molecule has 1 aliphatic carbocycles. The SMILES string of the molecule is CCCCCCCCCCCCCC(=O)OC(COCCCCCCCCCC(C)CCCCCC)COC1C(O)C(O)C(O)C1O. The van der Waals surface area contributed by atoms with Crippen LogP contribution in [0.4, 0.5) is 0 Å². The van der Waals surface area contributed by atoms with E-state index in [2.05, 4.69) is 20.8 Å². The fraction of sp³-hybridized carbons (Fsp3) is 0.974. The summed E-state index contributed by atoms with van der Waals surface area (Å²) in [6.45, 7) is 7.53. The maximum Gasteiger partial charge on any atom is 0.306 e. The Kier molecular flexibility index (Phi) is 28.3. The lowest BCUT2D eigenvalue weighted by Gasteiger charge is -2.24. The predicted molar refractivity (Wildman–Crippen MR) is 190 cm³/mol. The van der Waals surface area contributed by atoms with Crippen LogP contribution in [0.25, 0.3) is 0 Å². The number of aliphatic hydroxyl groups is 4. The van der Waals surface area contributed by atoms with Gasteiger partial charge in [-0.1, -0.05) is 162 Å². The van der Waals surface area contributed by atoms with Gasteiger partial charge in [0.2, 0.25) is 0 Å². The van der Waals surface area contributed by atoms with E-state index >= 15 is 0 Å². The largest absolute Gasteiger partial charge is 0.457 e. The minimum absolute atomic E-state index is 0.0976. The lowest BCUT2D eigenvalue weighted by molar-refractivity contribution is -0.163. The summed E-state index contributed by atoms with van der Waals surface area (Å²) in [7, 11) is 0. The van der Waals surface area contributed by atoms with Gasteiger partial charge < -0.3 is 34.6 Å². The number of ether oxygens (including phenoxy) is 3. The number of hydrogen-bond acceptors (Lipinski definition) is 8. The van der Waals surface area contributed by atoms with Gasteiger partial charge in [-0.3, -0.25) is 4.79 Å². The summed E-state index contributed by atoms with van der Waals surface area (Å²) in [5.74, 6) is 0.546. The first-order chi connectivity index (χ1) is 22.8. The van der Waals surface area contributed by atoms with Gasteiger partial charge >= 0.3 is 5.97 Å². The van der Waals surface area contributed by atoms with E-state index in [1.54, 1.807) is 0 Å². The topological polar surface area (TPSA) is 126 Å². The number of unbranched alkanes of at least 4 members (excludes halogenated alkanes) is 19. The molecule has 1 saturated carbocycles. The lowest BCUT2D eigenvalue weighted by Crippen LogP contribution is -2.39. The van der Waals surface area contributed by atoms with Gasteiger partial charge in [-0.2, -0.15) is 0 Å². The summed E-state index contributed by atoms with van der Waals surface area (Å²) in [5.41, 5.74) is 0. The smallest absolute Gasteiger partial charge is 0.306 e. The molecule has 0 aromatic carbocycles. The predicted octanol–water partition coefficient (Wildman–Crippen LogP) is 8.19. The summed E-state index contributed by atoms with van der Waals surface area (Å²) in [6.07, 6.45) is 22.5. The van der Waals surface area contributed by atoms with E-state index in [-0.39, 0.29) is 19.2 Å². The van der Waals surface area contributed by atoms with E-state index in [0.29, 0.717) is 13.0 Å². The van der Waals surface area contributed by atoms with Crippen molar-refractivity contribution in [3.05, 3.63) is 0 Å². The van der Waals surface area contributed by atoms with Crippen LogP contribution in [-0.2, 0) is 19.0 Å². The quantitative estimate of drug-likeness (QED) is 0.0406. The third-order valence-electron chi connectivity index (χ3n) is 9.82. The number of aliphatic hydroxyl groups excluding tert-OH is 4. The molecule has 1 rings (SSSR count). The fourth-order valence-corrected chi connectivity index (χ4v) is 6.56. The highest BCUT2D eigenvalue weighted by molar-refractivity contribution is 5.69. The molecule has 4 N–H and O–H groups in total. The Morgan fingerprint density at radius 3 is 1.49 bits per heavy atom. The van der Waals surface area contributed by atoms with E-state index in [1.165, 1.54) is 122 Å². The third-order valence-corrected chi connectivity index (χ3v) is 9.82. The Bertz CT molecular complexity index is 692. The summed E-state index contributed by atoms with van der Waals surface area (Å²) in [6, 6.07) is 0. The van der Waals surface area contributed by atoms with Crippen molar-refractivity contribution in [3.63, 3.8) is 0 Å². The van der Waals surface area contributed by atoms with Crippen molar-refractivity contribution in [2.45, 2.75) is 218 Å². The van der Waals surface area contributed by atoms with Crippen molar-refractivity contribution in [1.29, 1.82) is 0 Å². The molecule has 0 saturated heterocycles. The molecule has 0 spiro atoms. The van der Waals surface area contributed by atoms with Crippen molar-refractivity contribution < 1.29 is 39.4 Å². The monoisotopic (exact) mass is 673 g/mol. The van der Waals surface area contributed by atoms with E-state index in [4.69, 9.17) is 14.2 Å². The van der Waals surface area contributed by atoms with Crippen LogP contribution < -0.4 is 0 Å². The first-order valence-electron chi connectivity index (χ1n) is 19.9. The van der Waals surface area contributed by atoms with Gasteiger partial charge in [0.1, 0.15) is 36.6 Å². The molecule has 0 radical (unpaired) electrons. The molecule has 0 aliphatic heterocycles. The van der Waals surface area contributed by atoms with Crippen LogP contribution in [0.3, 0.4) is 0 Å². The number of hydrogen-bond donors (Lipinski definition) is 4. The molecular formula is C39H76O8. The molecule has 47 heavy (non-hydrogen) atoms. The van der Waals surface area contributed by atoms with Gasteiger partial charge in [0.25, 0.3) is 0 Å².